The van der Waals surface area contributed by atoms with E-state index in [1.807, 2.05) is 30.3 Å². The van der Waals surface area contributed by atoms with Gasteiger partial charge in [-0.1, -0.05) is 30.3 Å². The van der Waals surface area contributed by atoms with Crippen LogP contribution in [0.15, 0.2) is 30.3 Å². The molecule has 9 atom stereocenters. The standard InChI is InChI=1S/C19H28O10/c20-11-8-27-18(16(24)13(11)21)28-9-12-14(22)15(23)17(25)19(29-12)26-7-6-10-4-2-1-3-5-10/h1-5,11-25H,6-9H2/t11-,12-,13-,14-,15+,16+,17-,18?,19?/m1/s1. The summed E-state index contributed by atoms with van der Waals surface area (Å²) in [6.07, 6.45) is -11.5. The molecular weight excluding hydrogens is 388 g/mol. The van der Waals surface area contributed by atoms with Gasteiger partial charge in [-0.15, -0.1) is 0 Å². The molecular formula is C19H28O10. The van der Waals surface area contributed by atoms with Gasteiger partial charge in [0, 0.05) is 0 Å². The molecule has 10 heteroatoms. The highest BCUT2D eigenvalue weighted by atomic mass is 16.7. The lowest BCUT2D eigenvalue weighted by atomic mass is 9.99. The smallest absolute Gasteiger partial charge is 0.186 e. The molecule has 2 fully saturated rings. The first-order valence-corrected chi connectivity index (χ1v) is 9.51. The normalized spacial score (nSPS) is 40.7. The second-order valence-electron chi connectivity index (χ2n) is 7.20. The van der Waals surface area contributed by atoms with Crippen molar-refractivity contribution in [3.63, 3.8) is 0 Å². The van der Waals surface area contributed by atoms with Crippen molar-refractivity contribution in [1.82, 2.24) is 0 Å². The molecule has 0 radical (unpaired) electrons. The largest absolute Gasteiger partial charge is 0.388 e. The fraction of sp³-hybridized carbons (Fsp3) is 0.684. The van der Waals surface area contributed by atoms with E-state index in [9.17, 15) is 30.6 Å². The van der Waals surface area contributed by atoms with Crippen LogP contribution in [-0.2, 0) is 25.4 Å². The zero-order chi connectivity index (χ0) is 21.0. The molecule has 6 N–H and O–H groups in total. The zero-order valence-electron chi connectivity index (χ0n) is 15.7. The predicted molar refractivity (Wildman–Crippen MR) is 96.5 cm³/mol. The fourth-order valence-corrected chi connectivity index (χ4v) is 3.25. The zero-order valence-corrected chi connectivity index (χ0v) is 15.7. The summed E-state index contributed by atoms with van der Waals surface area (Å²) in [4.78, 5) is 0. The van der Waals surface area contributed by atoms with Crippen LogP contribution in [0.5, 0.6) is 0 Å². The molecule has 2 aliphatic rings. The van der Waals surface area contributed by atoms with E-state index in [0.29, 0.717) is 6.42 Å². The van der Waals surface area contributed by atoms with Gasteiger partial charge in [0.15, 0.2) is 12.6 Å². The van der Waals surface area contributed by atoms with Crippen molar-refractivity contribution in [3.05, 3.63) is 35.9 Å². The molecule has 2 unspecified atom stereocenters. The average Bonchev–Trinajstić information content (AvgIpc) is 2.73. The Balaban J connectivity index is 1.51. The number of aliphatic hydroxyl groups is 6. The van der Waals surface area contributed by atoms with Gasteiger partial charge in [0.05, 0.1) is 19.8 Å². The van der Waals surface area contributed by atoms with Gasteiger partial charge in [-0.05, 0) is 12.0 Å². The van der Waals surface area contributed by atoms with Crippen molar-refractivity contribution >= 4 is 0 Å². The maximum absolute atomic E-state index is 10.2. The van der Waals surface area contributed by atoms with Gasteiger partial charge in [0.25, 0.3) is 0 Å². The minimum atomic E-state index is -1.52. The molecule has 1 aromatic carbocycles. The molecule has 0 aromatic heterocycles. The molecule has 10 nitrogen and oxygen atoms in total. The number of benzene rings is 1. The maximum atomic E-state index is 10.2. The second-order valence-corrected chi connectivity index (χ2v) is 7.20. The third kappa shape index (κ3) is 5.50. The molecule has 0 amide bonds. The topological polar surface area (TPSA) is 158 Å². The Labute approximate surface area is 167 Å². The first kappa shape index (κ1) is 22.5. The summed E-state index contributed by atoms with van der Waals surface area (Å²) >= 11 is 0. The van der Waals surface area contributed by atoms with E-state index in [4.69, 9.17) is 18.9 Å². The van der Waals surface area contributed by atoms with Crippen molar-refractivity contribution in [2.24, 2.45) is 0 Å². The maximum Gasteiger partial charge on any atom is 0.186 e. The number of ether oxygens (including phenoxy) is 4. The Morgan fingerprint density at radius 3 is 2.21 bits per heavy atom. The van der Waals surface area contributed by atoms with E-state index in [0.717, 1.165) is 5.56 Å². The van der Waals surface area contributed by atoms with Crippen LogP contribution in [-0.4, -0.2) is 106 Å². The Bertz CT molecular complexity index is 616. The van der Waals surface area contributed by atoms with Crippen LogP contribution in [0.1, 0.15) is 5.56 Å². The third-order valence-corrected chi connectivity index (χ3v) is 5.06. The number of aliphatic hydroxyl groups excluding tert-OH is 6. The highest BCUT2D eigenvalue weighted by molar-refractivity contribution is 5.14. The summed E-state index contributed by atoms with van der Waals surface area (Å²) in [5.74, 6) is 0. The van der Waals surface area contributed by atoms with Gasteiger partial charge in [0.2, 0.25) is 0 Å². The summed E-state index contributed by atoms with van der Waals surface area (Å²) in [6.45, 7) is -0.325. The minimum Gasteiger partial charge on any atom is -0.388 e. The number of rotatable bonds is 7. The van der Waals surface area contributed by atoms with Crippen LogP contribution < -0.4 is 0 Å². The summed E-state index contributed by atoms with van der Waals surface area (Å²) < 4.78 is 21.6. The molecule has 2 saturated heterocycles. The molecule has 2 heterocycles. The fourth-order valence-electron chi connectivity index (χ4n) is 3.25. The minimum absolute atomic E-state index is 0.219. The molecule has 1 aromatic rings. The van der Waals surface area contributed by atoms with Crippen LogP contribution in [0, 0.1) is 0 Å². The lowest BCUT2D eigenvalue weighted by molar-refractivity contribution is -0.320. The van der Waals surface area contributed by atoms with Gasteiger partial charge in [-0.3, -0.25) is 0 Å². The predicted octanol–water partition coefficient (Wildman–Crippen LogP) is -2.49. The summed E-state index contributed by atoms with van der Waals surface area (Å²) in [5, 5.41) is 59.4. The molecule has 29 heavy (non-hydrogen) atoms. The lowest BCUT2D eigenvalue weighted by Crippen LogP contribution is -2.60. The van der Waals surface area contributed by atoms with E-state index < -0.39 is 55.3 Å². The van der Waals surface area contributed by atoms with Crippen molar-refractivity contribution in [2.45, 2.75) is 61.7 Å². The molecule has 164 valence electrons. The highest BCUT2D eigenvalue weighted by Gasteiger charge is 2.45. The monoisotopic (exact) mass is 416 g/mol. The molecule has 0 spiro atoms. The summed E-state index contributed by atoms with van der Waals surface area (Å²) in [5.41, 5.74) is 1.03. The van der Waals surface area contributed by atoms with E-state index in [-0.39, 0.29) is 19.8 Å². The second kappa shape index (κ2) is 10.2. The van der Waals surface area contributed by atoms with E-state index in [1.165, 1.54) is 0 Å². The Kier molecular flexibility index (Phi) is 7.93. The van der Waals surface area contributed by atoms with Crippen LogP contribution >= 0.6 is 0 Å². The Morgan fingerprint density at radius 1 is 0.793 bits per heavy atom. The molecule has 2 aliphatic heterocycles. The van der Waals surface area contributed by atoms with Crippen molar-refractivity contribution in [3.8, 4) is 0 Å². The van der Waals surface area contributed by atoms with Crippen LogP contribution in [0.3, 0.4) is 0 Å². The highest BCUT2D eigenvalue weighted by Crippen LogP contribution is 2.24. The first-order chi connectivity index (χ1) is 13.9. The molecule has 0 saturated carbocycles. The third-order valence-electron chi connectivity index (χ3n) is 5.06. The molecule has 3 rings (SSSR count). The van der Waals surface area contributed by atoms with Crippen molar-refractivity contribution in [2.75, 3.05) is 19.8 Å². The van der Waals surface area contributed by atoms with Crippen molar-refractivity contribution < 1.29 is 49.6 Å². The van der Waals surface area contributed by atoms with Crippen LogP contribution in [0.2, 0.25) is 0 Å². The number of hydrogen-bond donors (Lipinski definition) is 6. The van der Waals surface area contributed by atoms with Crippen LogP contribution in [0.25, 0.3) is 0 Å². The first-order valence-electron chi connectivity index (χ1n) is 9.51. The Morgan fingerprint density at radius 2 is 1.48 bits per heavy atom. The summed E-state index contributed by atoms with van der Waals surface area (Å²) in [7, 11) is 0. The molecule has 0 aliphatic carbocycles. The quantitative estimate of drug-likeness (QED) is 0.281. The van der Waals surface area contributed by atoms with E-state index >= 15 is 0 Å². The van der Waals surface area contributed by atoms with Gasteiger partial charge < -0.3 is 49.6 Å². The van der Waals surface area contributed by atoms with Gasteiger partial charge >= 0.3 is 0 Å². The van der Waals surface area contributed by atoms with Gasteiger partial charge in [-0.2, -0.15) is 0 Å². The Hall–Kier alpha value is -1.18. The lowest BCUT2D eigenvalue weighted by Gasteiger charge is -2.41. The SMILES string of the molecule is O[C@@H]1[C@H](O)COC(OC[C@H]2OC(OCCc3ccccc3)[C@H](O)[C@@H](O)[C@@H]2O)[C@H]1O. The molecule has 0 bridgehead atoms. The van der Waals surface area contributed by atoms with Gasteiger partial charge in [-0.25, -0.2) is 0 Å². The van der Waals surface area contributed by atoms with Gasteiger partial charge in [0.1, 0.15) is 42.7 Å². The van der Waals surface area contributed by atoms with Crippen LogP contribution in [0.4, 0.5) is 0 Å². The summed E-state index contributed by atoms with van der Waals surface area (Å²) in [6, 6.07) is 9.54. The van der Waals surface area contributed by atoms with Crippen molar-refractivity contribution in [1.29, 1.82) is 0 Å². The average molecular weight is 416 g/mol. The van der Waals surface area contributed by atoms with E-state index in [1.54, 1.807) is 0 Å². The van der Waals surface area contributed by atoms with E-state index in [2.05, 4.69) is 0 Å². The number of hydrogen-bond acceptors (Lipinski definition) is 10.